The van der Waals surface area contributed by atoms with E-state index in [9.17, 15) is 0 Å². The molecule has 1 aromatic carbocycles. The minimum atomic E-state index is 0.311. The Morgan fingerprint density at radius 2 is 2.00 bits per heavy atom. The van der Waals surface area contributed by atoms with Gasteiger partial charge in [-0.1, -0.05) is 35.0 Å². The Morgan fingerprint density at radius 1 is 1.25 bits per heavy atom. The van der Waals surface area contributed by atoms with Gasteiger partial charge in [0.2, 0.25) is 0 Å². The van der Waals surface area contributed by atoms with Gasteiger partial charge in [-0.25, -0.2) is 0 Å². The molecule has 0 fully saturated rings. The van der Waals surface area contributed by atoms with Crippen molar-refractivity contribution in [3.8, 4) is 0 Å². The summed E-state index contributed by atoms with van der Waals surface area (Å²) in [5, 5.41) is 7.06. The highest BCUT2D eigenvalue weighted by Gasteiger charge is 2.05. The van der Waals surface area contributed by atoms with E-state index in [0.717, 1.165) is 5.76 Å². The molecule has 2 rings (SSSR count). The maximum atomic E-state index is 5.03. The SMILES string of the molecule is Cc1ccc(C(C)NCc2ccno2)cc1. The lowest BCUT2D eigenvalue weighted by Crippen LogP contribution is -2.17. The fraction of sp³-hybridized carbons (Fsp3) is 0.308. The zero-order valence-corrected chi connectivity index (χ0v) is 9.60. The molecule has 0 aliphatic carbocycles. The highest BCUT2D eigenvalue weighted by atomic mass is 16.5. The van der Waals surface area contributed by atoms with E-state index < -0.39 is 0 Å². The van der Waals surface area contributed by atoms with Gasteiger partial charge in [0.15, 0.2) is 0 Å². The van der Waals surface area contributed by atoms with Crippen LogP contribution in [0.1, 0.15) is 29.9 Å². The van der Waals surface area contributed by atoms with Gasteiger partial charge in [-0.15, -0.1) is 0 Å². The van der Waals surface area contributed by atoms with Crippen LogP contribution in [0.4, 0.5) is 0 Å². The number of nitrogens with one attached hydrogen (secondary N) is 1. The monoisotopic (exact) mass is 216 g/mol. The van der Waals surface area contributed by atoms with Crippen LogP contribution < -0.4 is 5.32 Å². The number of aromatic nitrogens is 1. The highest BCUT2D eigenvalue weighted by Crippen LogP contribution is 2.13. The van der Waals surface area contributed by atoms with E-state index in [1.807, 2.05) is 6.07 Å². The molecule has 1 N–H and O–H groups in total. The Labute approximate surface area is 95.5 Å². The predicted molar refractivity (Wildman–Crippen MR) is 62.9 cm³/mol. The largest absolute Gasteiger partial charge is 0.360 e. The Bertz CT molecular complexity index is 420. The Balaban J connectivity index is 1.93. The first-order chi connectivity index (χ1) is 7.75. The average Bonchev–Trinajstić information content (AvgIpc) is 2.80. The van der Waals surface area contributed by atoms with Gasteiger partial charge in [0.05, 0.1) is 12.7 Å². The van der Waals surface area contributed by atoms with E-state index in [-0.39, 0.29) is 0 Å². The number of benzene rings is 1. The topological polar surface area (TPSA) is 38.1 Å². The van der Waals surface area contributed by atoms with Gasteiger partial charge in [0, 0.05) is 12.1 Å². The van der Waals surface area contributed by atoms with E-state index in [2.05, 4.69) is 48.6 Å². The first-order valence-corrected chi connectivity index (χ1v) is 5.45. The fourth-order valence-electron chi connectivity index (χ4n) is 1.56. The van der Waals surface area contributed by atoms with E-state index in [4.69, 9.17) is 4.52 Å². The van der Waals surface area contributed by atoms with Gasteiger partial charge < -0.3 is 9.84 Å². The third-order valence-corrected chi connectivity index (χ3v) is 2.65. The molecule has 0 radical (unpaired) electrons. The minimum Gasteiger partial charge on any atom is -0.360 e. The molecule has 1 atom stereocenters. The van der Waals surface area contributed by atoms with Crippen LogP contribution in [0, 0.1) is 6.92 Å². The maximum Gasteiger partial charge on any atom is 0.150 e. The van der Waals surface area contributed by atoms with Crippen LogP contribution in [-0.4, -0.2) is 5.16 Å². The van der Waals surface area contributed by atoms with Crippen LogP contribution in [0.5, 0.6) is 0 Å². The second-order valence-electron chi connectivity index (χ2n) is 3.99. The maximum absolute atomic E-state index is 5.03. The summed E-state index contributed by atoms with van der Waals surface area (Å²) in [4.78, 5) is 0. The fourth-order valence-corrected chi connectivity index (χ4v) is 1.56. The van der Waals surface area contributed by atoms with Crippen molar-refractivity contribution in [2.45, 2.75) is 26.4 Å². The molecule has 0 saturated heterocycles. The van der Waals surface area contributed by atoms with Gasteiger partial charge in [-0.05, 0) is 19.4 Å². The van der Waals surface area contributed by atoms with E-state index in [1.54, 1.807) is 6.20 Å². The number of hydrogen-bond acceptors (Lipinski definition) is 3. The molecular formula is C13H16N2O. The number of rotatable bonds is 4. The summed E-state index contributed by atoms with van der Waals surface area (Å²) >= 11 is 0. The molecule has 1 aromatic heterocycles. The van der Waals surface area contributed by atoms with Crippen molar-refractivity contribution in [2.75, 3.05) is 0 Å². The molecule has 0 aliphatic rings. The van der Waals surface area contributed by atoms with Crippen LogP contribution in [0.2, 0.25) is 0 Å². The van der Waals surface area contributed by atoms with Crippen LogP contribution in [0.25, 0.3) is 0 Å². The van der Waals surface area contributed by atoms with Gasteiger partial charge in [-0.3, -0.25) is 0 Å². The zero-order chi connectivity index (χ0) is 11.4. The molecule has 0 saturated carbocycles. The van der Waals surface area contributed by atoms with Crippen molar-refractivity contribution < 1.29 is 4.52 Å². The van der Waals surface area contributed by atoms with Crippen molar-refractivity contribution in [1.29, 1.82) is 0 Å². The van der Waals surface area contributed by atoms with Crippen molar-refractivity contribution in [2.24, 2.45) is 0 Å². The second kappa shape index (κ2) is 4.94. The zero-order valence-electron chi connectivity index (χ0n) is 9.60. The molecule has 1 unspecified atom stereocenters. The number of nitrogens with zero attached hydrogens (tertiary/aromatic N) is 1. The standard InChI is InChI=1S/C13H16N2O/c1-10-3-5-12(6-4-10)11(2)14-9-13-7-8-15-16-13/h3-8,11,14H,9H2,1-2H3. The predicted octanol–water partition coefficient (Wildman–Crippen LogP) is 2.83. The van der Waals surface area contributed by atoms with Crippen molar-refractivity contribution in [3.05, 3.63) is 53.4 Å². The molecule has 16 heavy (non-hydrogen) atoms. The number of hydrogen-bond donors (Lipinski definition) is 1. The van der Waals surface area contributed by atoms with Crippen LogP contribution in [-0.2, 0) is 6.54 Å². The summed E-state index contributed by atoms with van der Waals surface area (Å²) < 4.78 is 5.03. The molecule has 0 bridgehead atoms. The lowest BCUT2D eigenvalue weighted by atomic mass is 10.1. The van der Waals surface area contributed by atoms with Crippen molar-refractivity contribution in [1.82, 2.24) is 10.5 Å². The Morgan fingerprint density at radius 3 is 2.62 bits per heavy atom. The molecule has 3 heteroatoms. The Kier molecular flexibility index (Phi) is 3.37. The van der Waals surface area contributed by atoms with Crippen LogP contribution in [0.3, 0.4) is 0 Å². The molecular weight excluding hydrogens is 200 g/mol. The lowest BCUT2D eigenvalue weighted by molar-refractivity contribution is 0.366. The first kappa shape index (κ1) is 10.9. The van der Waals surface area contributed by atoms with Gasteiger partial charge in [0.25, 0.3) is 0 Å². The normalized spacial score (nSPS) is 12.6. The summed E-state index contributed by atoms with van der Waals surface area (Å²) in [6.07, 6.45) is 1.66. The third kappa shape index (κ3) is 2.70. The molecule has 3 nitrogen and oxygen atoms in total. The summed E-state index contributed by atoms with van der Waals surface area (Å²) in [7, 11) is 0. The average molecular weight is 216 g/mol. The second-order valence-corrected chi connectivity index (χ2v) is 3.99. The molecule has 1 heterocycles. The summed E-state index contributed by atoms with van der Waals surface area (Å²) in [5.74, 6) is 0.860. The molecule has 0 aliphatic heterocycles. The van der Waals surface area contributed by atoms with Crippen molar-refractivity contribution >= 4 is 0 Å². The molecule has 2 aromatic rings. The van der Waals surface area contributed by atoms with Gasteiger partial charge >= 0.3 is 0 Å². The summed E-state index contributed by atoms with van der Waals surface area (Å²) in [6.45, 7) is 4.94. The van der Waals surface area contributed by atoms with Crippen molar-refractivity contribution in [3.63, 3.8) is 0 Å². The smallest absolute Gasteiger partial charge is 0.150 e. The lowest BCUT2D eigenvalue weighted by Gasteiger charge is -2.13. The highest BCUT2D eigenvalue weighted by molar-refractivity contribution is 5.23. The van der Waals surface area contributed by atoms with Gasteiger partial charge in [-0.2, -0.15) is 0 Å². The Hall–Kier alpha value is -1.61. The first-order valence-electron chi connectivity index (χ1n) is 5.45. The number of aryl methyl sites for hydroxylation is 1. The molecule has 0 spiro atoms. The van der Waals surface area contributed by atoms with E-state index in [0.29, 0.717) is 12.6 Å². The third-order valence-electron chi connectivity index (χ3n) is 2.65. The van der Waals surface area contributed by atoms with Gasteiger partial charge in [0.1, 0.15) is 5.76 Å². The summed E-state index contributed by atoms with van der Waals surface area (Å²) in [5.41, 5.74) is 2.57. The molecule has 0 amide bonds. The van der Waals surface area contributed by atoms with Crippen LogP contribution in [0.15, 0.2) is 41.1 Å². The summed E-state index contributed by atoms with van der Waals surface area (Å²) in [6, 6.07) is 10.7. The quantitative estimate of drug-likeness (QED) is 0.854. The van der Waals surface area contributed by atoms with Crippen LogP contribution >= 0.6 is 0 Å². The van der Waals surface area contributed by atoms with E-state index in [1.165, 1.54) is 11.1 Å². The minimum absolute atomic E-state index is 0.311. The van der Waals surface area contributed by atoms with E-state index >= 15 is 0 Å². The molecule has 84 valence electrons.